The Kier molecular flexibility index (Phi) is 3.03. The fourth-order valence-corrected chi connectivity index (χ4v) is 2.85. The lowest BCUT2D eigenvalue weighted by Gasteiger charge is -2.36. The van der Waals surface area contributed by atoms with Crippen LogP contribution in [0.25, 0.3) is 0 Å². The third-order valence-corrected chi connectivity index (χ3v) is 3.94. The molecule has 1 amide bonds. The Morgan fingerprint density at radius 3 is 2.63 bits per heavy atom. The van der Waals surface area contributed by atoms with Crippen LogP contribution < -0.4 is 15.5 Å². The number of fused-ring (bicyclic) bond motifs is 1. The lowest BCUT2D eigenvalue weighted by atomic mass is 10.0. The number of likely N-dealkylation sites (N-methyl/N-ethyl adjacent to an activating group) is 1. The molecule has 1 heterocycles. The molecule has 1 aliphatic carbocycles. The Bertz CT molecular complexity index is 526. The van der Waals surface area contributed by atoms with Gasteiger partial charge in [-0.25, -0.2) is 0 Å². The number of carbonyl (C=O) groups excluding carboxylic acids is 1. The van der Waals surface area contributed by atoms with E-state index in [-0.39, 0.29) is 17.9 Å². The van der Waals surface area contributed by atoms with Crippen LogP contribution in [0.2, 0.25) is 0 Å². The summed E-state index contributed by atoms with van der Waals surface area (Å²) in [7, 11) is 2.06. The van der Waals surface area contributed by atoms with Crippen molar-refractivity contribution in [3.8, 4) is 0 Å². The topological polar surface area (TPSA) is 49.6 Å². The molecule has 0 fully saturated rings. The van der Waals surface area contributed by atoms with Crippen molar-refractivity contribution >= 4 is 17.3 Å². The Labute approximate surface area is 113 Å². The first-order valence-corrected chi connectivity index (χ1v) is 6.72. The molecular formula is C15H19N3O. The second-order valence-electron chi connectivity index (χ2n) is 5.29. The average molecular weight is 257 g/mol. The van der Waals surface area contributed by atoms with Gasteiger partial charge in [-0.3, -0.25) is 4.79 Å². The summed E-state index contributed by atoms with van der Waals surface area (Å²) in [5.41, 5.74) is 7.97. The van der Waals surface area contributed by atoms with E-state index in [1.54, 1.807) is 0 Å². The molecule has 19 heavy (non-hydrogen) atoms. The summed E-state index contributed by atoms with van der Waals surface area (Å²) in [6, 6.07) is 8.09. The summed E-state index contributed by atoms with van der Waals surface area (Å²) in [5.74, 6) is 0.108. The number of nitrogens with zero attached hydrogens (tertiary/aromatic N) is 2. The second kappa shape index (κ2) is 4.70. The van der Waals surface area contributed by atoms with Gasteiger partial charge in [0.2, 0.25) is 5.91 Å². The van der Waals surface area contributed by atoms with Crippen molar-refractivity contribution in [2.45, 2.75) is 12.5 Å². The van der Waals surface area contributed by atoms with Crippen molar-refractivity contribution in [1.82, 2.24) is 0 Å². The fourth-order valence-electron chi connectivity index (χ4n) is 2.85. The van der Waals surface area contributed by atoms with Gasteiger partial charge >= 0.3 is 0 Å². The second-order valence-corrected chi connectivity index (χ2v) is 5.29. The zero-order valence-corrected chi connectivity index (χ0v) is 11.1. The maximum absolute atomic E-state index is 12.6. The number of nitrogens with two attached hydrogens (primary N) is 1. The summed E-state index contributed by atoms with van der Waals surface area (Å²) < 4.78 is 0. The largest absolute Gasteiger partial charge is 0.371 e. The van der Waals surface area contributed by atoms with Crippen LogP contribution in [-0.4, -0.2) is 32.1 Å². The standard InChI is InChI=1S/C15H19N3O/c1-17-8-9-18(14-5-3-2-4-13(14)17)15(19)11-6-7-12(16)10-11/h2-7,11-12H,8-10,16H2,1H3. The molecule has 0 saturated carbocycles. The number of benzene rings is 1. The van der Waals surface area contributed by atoms with E-state index in [1.165, 1.54) is 0 Å². The summed E-state index contributed by atoms with van der Waals surface area (Å²) in [4.78, 5) is 16.7. The highest BCUT2D eigenvalue weighted by atomic mass is 16.2. The number of amides is 1. The SMILES string of the molecule is CN1CCN(C(=O)C2C=CC(N)C2)c2ccccc21. The molecule has 4 nitrogen and oxygen atoms in total. The minimum absolute atomic E-state index is 0.0247. The molecule has 3 rings (SSSR count). The van der Waals surface area contributed by atoms with Gasteiger partial charge in [-0.05, 0) is 18.6 Å². The van der Waals surface area contributed by atoms with Crippen LogP contribution >= 0.6 is 0 Å². The molecule has 0 aromatic heterocycles. The number of hydrogen-bond donors (Lipinski definition) is 1. The minimum atomic E-state index is -0.0635. The molecule has 0 saturated heterocycles. The highest BCUT2D eigenvalue weighted by molar-refractivity contribution is 6.00. The quantitative estimate of drug-likeness (QED) is 0.773. The van der Waals surface area contributed by atoms with E-state index in [2.05, 4.69) is 18.0 Å². The predicted octanol–water partition coefficient (Wildman–Crippen LogP) is 1.37. The molecule has 1 aliphatic heterocycles. The zero-order chi connectivity index (χ0) is 13.4. The lowest BCUT2D eigenvalue weighted by molar-refractivity contribution is -0.121. The van der Waals surface area contributed by atoms with Gasteiger partial charge in [0.05, 0.1) is 17.3 Å². The zero-order valence-electron chi connectivity index (χ0n) is 11.1. The van der Waals surface area contributed by atoms with Gasteiger partial charge in [0.1, 0.15) is 0 Å². The summed E-state index contributed by atoms with van der Waals surface area (Å²) in [6.07, 6.45) is 4.62. The third-order valence-electron chi connectivity index (χ3n) is 3.94. The predicted molar refractivity (Wildman–Crippen MR) is 77.3 cm³/mol. The van der Waals surface area contributed by atoms with Gasteiger partial charge in [-0.1, -0.05) is 24.3 Å². The van der Waals surface area contributed by atoms with Crippen molar-refractivity contribution in [3.05, 3.63) is 36.4 Å². The molecule has 100 valence electrons. The van der Waals surface area contributed by atoms with Gasteiger partial charge < -0.3 is 15.5 Å². The normalized spacial score (nSPS) is 25.6. The maximum atomic E-state index is 12.6. The highest BCUT2D eigenvalue weighted by Gasteiger charge is 2.31. The summed E-state index contributed by atoms with van der Waals surface area (Å²) in [5, 5.41) is 0. The number of carbonyl (C=O) groups is 1. The van der Waals surface area contributed by atoms with Gasteiger partial charge in [0.25, 0.3) is 0 Å². The van der Waals surface area contributed by atoms with E-state index in [9.17, 15) is 4.79 Å². The Balaban J connectivity index is 1.88. The van der Waals surface area contributed by atoms with E-state index in [4.69, 9.17) is 5.73 Å². The molecule has 0 radical (unpaired) electrons. The van der Waals surface area contributed by atoms with Crippen LogP contribution in [-0.2, 0) is 4.79 Å². The molecule has 0 spiro atoms. The van der Waals surface area contributed by atoms with Crippen LogP contribution in [0.3, 0.4) is 0 Å². The number of rotatable bonds is 1. The first-order valence-electron chi connectivity index (χ1n) is 6.72. The van der Waals surface area contributed by atoms with Crippen LogP contribution in [0.5, 0.6) is 0 Å². The average Bonchev–Trinajstić information content (AvgIpc) is 2.86. The molecule has 1 aromatic carbocycles. The van der Waals surface area contributed by atoms with Crippen LogP contribution in [0.15, 0.2) is 36.4 Å². The maximum Gasteiger partial charge on any atom is 0.234 e. The smallest absolute Gasteiger partial charge is 0.234 e. The van der Waals surface area contributed by atoms with E-state index in [0.29, 0.717) is 0 Å². The molecule has 2 atom stereocenters. The van der Waals surface area contributed by atoms with Gasteiger partial charge in [-0.15, -0.1) is 0 Å². The highest BCUT2D eigenvalue weighted by Crippen LogP contribution is 2.33. The number of hydrogen-bond acceptors (Lipinski definition) is 3. The van der Waals surface area contributed by atoms with E-state index < -0.39 is 0 Å². The number of para-hydroxylation sites is 2. The van der Waals surface area contributed by atoms with Gasteiger partial charge in [0.15, 0.2) is 0 Å². The van der Waals surface area contributed by atoms with Crippen LogP contribution in [0, 0.1) is 5.92 Å². The molecule has 2 aliphatic rings. The van der Waals surface area contributed by atoms with Crippen molar-refractivity contribution < 1.29 is 4.79 Å². The monoisotopic (exact) mass is 257 g/mol. The van der Waals surface area contributed by atoms with E-state index in [1.807, 2.05) is 35.3 Å². The van der Waals surface area contributed by atoms with Crippen molar-refractivity contribution in [2.24, 2.45) is 11.7 Å². The minimum Gasteiger partial charge on any atom is -0.371 e. The van der Waals surface area contributed by atoms with Crippen molar-refractivity contribution in [3.63, 3.8) is 0 Å². The Morgan fingerprint density at radius 1 is 1.21 bits per heavy atom. The molecule has 2 N–H and O–H groups in total. The van der Waals surface area contributed by atoms with Crippen LogP contribution in [0.4, 0.5) is 11.4 Å². The van der Waals surface area contributed by atoms with Crippen LogP contribution in [0.1, 0.15) is 6.42 Å². The molecule has 2 unspecified atom stereocenters. The lowest BCUT2D eigenvalue weighted by Crippen LogP contribution is -2.45. The molecule has 0 bridgehead atoms. The third kappa shape index (κ3) is 2.12. The Hall–Kier alpha value is -1.81. The summed E-state index contributed by atoms with van der Waals surface area (Å²) >= 11 is 0. The summed E-state index contributed by atoms with van der Waals surface area (Å²) in [6.45, 7) is 1.61. The van der Waals surface area contributed by atoms with E-state index >= 15 is 0 Å². The van der Waals surface area contributed by atoms with Gasteiger partial charge in [-0.2, -0.15) is 0 Å². The van der Waals surface area contributed by atoms with E-state index in [0.717, 1.165) is 30.9 Å². The fraction of sp³-hybridized carbons (Fsp3) is 0.400. The number of anilines is 2. The molecular weight excluding hydrogens is 238 g/mol. The van der Waals surface area contributed by atoms with Crippen molar-refractivity contribution in [2.75, 3.05) is 29.9 Å². The first-order chi connectivity index (χ1) is 9.16. The Morgan fingerprint density at radius 2 is 1.95 bits per heavy atom. The van der Waals surface area contributed by atoms with Crippen molar-refractivity contribution in [1.29, 1.82) is 0 Å². The molecule has 1 aromatic rings. The molecule has 4 heteroatoms. The first kappa shape index (κ1) is 12.2. The van der Waals surface area contributed by atoms with Gasteiger partial charge in [0, 0.05) is 26.2 Å².